The van der Waals surface area contributed by atoms with Gasteiger partial charge in [-0.15, -0.1) is 0 Å². The number of benzene rings is 3. The molecule has 0 amide bonds. The van der Waals surface area contributed by atoms with Gasteiger partial charge in [0, 0.05) is 51.5 Å². The van der Waals surface area contributed by atoms with Gasteiger partial charge in [-0.2, -0.15) is 8.42 Å². The SMILES string of the molecule is C.C.COc1cc2c(cc1OC)[C@H]1C[C@@H](OCCCOS(=O)(=O)c3ccc(C)cc3)[C@H](CC(C)C)CN1CC2.COc1cc2c(cc1OC)[C@H]1C[C@@H](OCCC[18F])[C@H](CC(C)C)CN1CC2.O=CO[O-].[18F-].[H-].[K+].[K+]. The number of carbonyl (C=O) groups excluding carboxylic acids is 1. The fourth-order valence-corrected chi connectivity index (χ4v) is 11.4. The summed E-state index contributed by atoms with van der Waals surface area (Å²) in [5.74, 6) is 5.30. The van der Waals surface area contributed by atoms with E-state index < -0.39 is 10.1 Å². The monoisotopic (exact) mass is 1100 g/mol. The number of alkyl halides is 1. The average Bonchev–Trinajstić information content (AvgIpc) is 3.33. The van der Waals surface area contributed by atoms with Gasteiger partial charge in [0.1, 0.15) is 0 Å². The number of hydrogen-bond donors (Lipinski definition) is 0. The van der Waals surface area contributed by atoms with E-state index in [4.69, 9.17) is 42.7 Å². The van der Waals surface area contributed by atoms with Gasteiger partial charge >= 0.3 is 103 Å². The summed E-state index contributed by atoms with van der Waals surface area (Å²) in [6.45, 7) is 15.7. The molecule has 0 spiro atoms. The summed E-state index contributed by atoms with van der Waals surface area (Å²) in [6, 6.07) is 15.9. The van der Waals surface area contributed by atoms with E-state index in [1.807, 2.05) is 6.92 Å². The number of fused-ring (bicyclic) bond motifs is 6. The Labute approximate surface area is 523 Å². The molecule has 0 radical (unpaired) electrons. The van der Waals surface area contributed by atoms with Crippen LogP contribution in [0.25, 0.3) is 0 Å². The minimum Gasteiger partial charge on any atom is -1.00 e. The summed E-state index contributed by atoms with van der Waals surface area (Å²) in [6.07, 6.45) is 7.47. The number of rotatable bonds is 20. The predicted molar refractivity (Wildman–Crippen MR) is 271 cm³/mol. The van der Waals surface area contributed by atoms with Crippen molar-refractivity contribution in [2.75, 3.05) is 81.1 Å². The van der Waals surface area contributed by atoms with Crippen LogP contribution in [0.1, 0.15) is 122 Å². The number of piperidine rings is 2. The maximum Gasteiger partial charge on any atom is 1.00 e. The summed E-state index contributed by atoms with van der Waals surface area (Å²) in [5.41, 5.74) is 6.30. The first-order chi connectivity index (χ1) is 32.7. The van der Waals surface area contributed by atoms with Gasteiger partial charge in [-0.25, -0.2) is 0 Å². The fraction of sp³-hybridized carbons (Fsp3) is 0.648. The van der Waals surface area contributed by atoms with Crippen molar-refractivity contribution in [2.45, 2.75) is 130 Å². The second-order valence-corrected chi connectivity index (χ2v) is 20.7. The molecule has 4 heterocycles. The summed E-state index contributed by atoms with van der Waals surface area (Å²) in [4.78, 5) is 16.6. The minimum absolute atomic E-state index is 0. The molecule has 0 N–H and O–H groups in total. The molecule has 0 bridgehead atoms. The third-order valence-electron chi connectivity index (χ3n) is 13.5. The number of methoxy groups -OCH3 is 4. The Morgan fingerprint density at radius 1 is 0.699 bits per heavy atom. The molecule has 0 saturated carbocycles. The molecular formula is C54H85F2K2N2O12S-. The number of aryl methyl sites for hydroxylation is 1. The standard InChI is InChI=1S/C29H41NO6S.C22H34FNO3.CH2O3.2CH4.FH.2K.H/c1-20(2)15-23-19-30-12-11-22-16-28(33-4)29(34-5)17-25(22)26(30)18-27(23)35-13-6-14-36-37(31,32)24-9-7-21(3)8-10-24;1-15(2)10-17-14-24-8-6-16-11-21(25-3)22(26-4)12-18(16)19(24)13-20(17)27-9-5-7-23;2-1-4-3;;;;;;/h7-10,16-17,20,23,26-27H,6,11-15,18-19H2,1-5H3;11-12,15,17,19-20H,5-10,13-14H2,1-4H3;1,3H;2*1H4;1H;;;/q;;;;;;2*+1;-1/p-2/t23-,26-,27-;17-,19-,20-;;;;;;;/m11......./s1/i;23-1;;;;1-1;;;. The number of nitrogens with zero attached hydrogens (tertiary/aromatic N) is 2. The van der Waals surface area contributed by atoms with Gasteiger partial charge in [-0.1, -0.05) is 60.2 Å². The van der Waals surface area contributed by atoms with Crippen LogP contribution in [-0.2, 0) is 46.3 Å². The van der Waals surface area contributed by atoms with Gasteiger partial charge < -0.3 is 44.7 Å². The Bertz CT molecular complexity index is 2150. The van der Waals surface area contributed by atoms with Crippen LogP contribution in [0.5, 0.6) is 23.0 Å². The van der Waals surface area contributed by atoms with E-state index in [1.165, 1.54) is 22.3 Å². The smallest absolute Gasteiger partial charge is 1.00 e. The first kappa shape index (κ1) is 72.2. The zero-order valence-electron chi connectivity index (χ0n) is 45.1. The molecule has 7 rings (SSSR count). The van der Waals surface area contributed by atoms with E-state index in [0.717, 1.165) is 93.3 Å². The molecule has 0 unspecified atom stereocenters. The van der Waals surface area contributed by atoms with Crippen molar-refractivity contribution >= 4 is 16.6 Å². The number of ether oxygens (including phenoxy) is 6. The van der Waals surface area contributed by atoms with Crippen molar-refractivity contribution in [2.24, 2.45) is 23.7 Å². The molecule has 3 aromatic rings. The third-order valence-corrected chi connectivity index (χ3v) is 14.8. The van der Waals surface area contributed by atoms with Crippen LogP contribution in [-0.4, -0.2) is 118 Å². The normalized spacial score (nSPS) is 20.7. The van der Waals surface area contributed by atoms with E-state index in [2.05, 4.69) is 66.6 Å². The fourth-order valence-electron chi connectivity index (χ4n) is 10.4. The summed E-state index contributed by atoms with van der Waals surface area (Å²) in [5, 5.41) is 8.43. The van der Waals surface area contributed by atoms with Crippen LogP contribution in [0.3, 0.4) is 0 Å². The topological polar surface area (TPSA) is 155 Å². The average molecular weight is 1100 g/mol. The Kier molecular flexibility index (Phi) is 36.0. The molecule has 4 aliphatic rings. The molecule has 4 aliphatic heterocycles. The van der Waals surface area contributed by atoms with Gasteiger partial charge in [0.15, 0.2) is 23.0 Å². The summed E-state index contributed by atoms with van der Waals surface area (Å²) < 4.78 is 77.6. The molecule has 0 aliphatic carbocycles. The van der Waals surface area contributed by atoms with Crippen LogP contribution in [0.4, 0.5) is 4.39 Å². The molecule has 406 valence electrons. The van der Waals surface area contributed by atoms with Gasteiger partial charge in [0.2, 0.25) is 0 Å². The Hall–Kier alpha value is -0.827. The van der Waals surface area contributed by atoms with Crippen LogP contribution >= 0.6 is 0 Å². The summed E-state index contributed by atoms with van der Waals surface area (Å²) in [7, 11) is 2.97. The largest absolute Gasteiger partial charge is 1.00 e. The van der Waals surface area contributed by atoms with Crippen LogP contribution in [0.2, 0.25) is 0 Å². The van der Waals surface area contributed by atoms with Crippen molar-refractivity contribution in [1.82, 2.24) is 9.80 Å². The van der Waals surface area contributed by atoms with Gasteiger partial charge in [-0.3, -0.25) is 23.2 Å². The van der Waals surface area contributed by atoms with Gasteiger partial charge in [0.25, 0.3) is 16.6 Å². The Morgan fingerprint density at radius 3 is 1.47 bits per heavy atom. The quantitative estimate of drug-likeness (QED) is 0.0383. The van der Waals surface area contributed by atoms with Crippen LogP contribution in [0, 0.1) is 30.6 Å². The van der Waals surface area contributed by atoms with Crippen molar-refractivity contribution in [3.8, 4) is 23.0 Å². The molecule has 2 saturated heterocycles. The van der Waals surface area contributed by atoms with E-state index in [9.17, 15) is 12.8 Å². The number of hydrogen-bond acceptors (Lipinski definition) is 14. The third kappa shape index (κ3) is 20.7. The van der Waals surface area contributed by atoms with E-state index >= 15 is 0 Å². The van der Waals surface area contributed by atoms with Crippen LogP contribution in [0.15, 0.2) is 53.4 Å². The van der Waals surface area contributed by atoms with Gasteiger partial charge in [0.05, 0.1) is 58.8 Å². The molecule has 2 fully saturated rings. The summed E-state index contributed by atoms with van der Waals surface area (Å²) >= 11 is 0. The minimum atomic E-state index is -3.76. The Balaban J connectivity index is 0. The molecule has 73 heavy (non-hydrogen) atoms. The van der Waals surface area contributed by atoms with Crippen LogP contribution < -0.4 is 132 Å². The predicted octanol–water partition coefficient (Wildman–Crippen LogP) is 0.403. The first-order valence-electron chi connectivity index (χ1n) is 24.2. The first-order valence-corrected chi connectivity index (χ1v) is 25.6. The van der Waals surface area contributed by atoms with Crippen molar-refractivity contribution in [1.29, 1.82) is 0 Å². The molecule has 0 aromatic heterocycles. The molecule has 19 heteroatoms. The Morgan fingerprint density at radius 2 is 1.10 bits per heavy atom. The van der Waals surface area contributed by atoms with Crippen molar-refractivity contribution in [3.05, 3.63) is 76.3 Å². The van der Waals surface area contributed by atoms with Crippen molar-refractivity contribution < 1.29 is 169 Å². The molecular weight excluding hydrogens is 1010 g/mol. The number of carbonyl (C=O) groups is 1. The number of halogens is 2. The van der Waals surface area contributed by atoms with Crippen molar-refractivity contribution in [3.63, 3.8) is 0 Å². The zero-order valence-corrected chi connectivity index (χ0v) is 51.1. The maximum atomic E-state index is 12.6. The second kappa shape index (κ2) is 36.4. The van der Waals surface area contributed by atoms with E-state index in [0.29, 0.717) is 55.8 Å². The molecule has 6 atom stereocenters. The molecule has 14 nitrogen and oxygen atoms in total. The second-order valence-electron chi connectivity index (χ2n) is 19.1. The zero-order chi connectivity index (χ0) is 49.4. The van der Waals surface area contributed by atoms with Gasteiger partial charge in [-0.05, 0) is 141 Å². The van der Waals surface area contributed by atoms with E-state index in [-0.39, 0.29) is 167 Å². The van der Waals surface area contributed by atoms with E-state index in [1.54, 1.807) is 52.7 Å². The maximum absolute atomic E-state index is 12.6. The molecule has 3 aromatic carbocycles.